The van der Waals surface area contributed by atoms with E-state index >= 15 is 0 Å². The van der Waals surface area contributed by atoms with E-state index in [0.29, 0.717) is 13.0 Å². The van der Waals surface area contributed by atoms with Crippen LogP contribution in [0.1, 0.15) is 24.1 Å². The molecule has 0 radical (unpaired) electrons. The van der Waals surface area contributed by atoms with Gasteiger partial charge in [-0.15, -0.1) is 12.4 Å². The van der Waals surface area contributed by atoms with Gasteiger partial charge >= 0.3 is 0 Å². The minimum absolute atomic E-state index is 0. The van der Waals surface area contributed by atoms with Gasteiger partial charge in [-0.25, -0.2) is 0 Å². The molecule has 0 aromatic heterocycles. The van der Waals surface area contributed by atoms with E-state index in [9.17, 15) is 5.11 Å². The van der Waals surface area contributed by atoms with E-state index < -0.39 is 12.1 Å². The minimum atomic E-state index is -0.683. The Morgan fingerprint density at radius 1 is 0.960 bits per heavy atom. The van der Waals surface area contributed by atoms with Crippen molar-refractivity contribution in [3.63, 3.8) is 0 Å². The third-order valence-electron chi connectivity index (χ3n) is 4.27. The van der Waals surface area contributed by atoms with Gasteiger partial charge in [0.05, 0.1) is 18.8 Å². The maximum absolute atomic E-state index is 10.7. The molecule has 2 atom stereocenters. The highest BCUT2D eigenvalue weighted by atomic mass is 35.5. The third kappa shape index (κ3) is 4.31. The maximum atomic E-state index is 10.7. The summed E-state index contributed by atoms with van der Waals surface area (Å²) in [7, 11) is 0. The molecule has 0 fully saturated rings. The van der Waals surface area contributed by atoms with Crippen molar-refractivity contribution in [2.75, 3.05) is 6.61 Å². The van der Waals surface area contributed by atoms with Gasteiger partial charge in [0.1, 0.15) is 5.75 Å². The molecule has 0 heterocycles. The van der Waals surface area contributed by atoms with Gasteiger partial charge in [-0.3, -0.25) is 0 Å². The number of aliphatic hydroxyl groups excluding tert-OH is 1. The summed E-state index contributed by atoms with van der Waals surface area (Å²) in [6, 6.07) is 21.4. The van der Waals surface area contributed by atoms with Gasteiger partial charge in [0.2, 0.25) is 0 Å². The monoisotopic (exact) mass is 357 g/mol. The Hall–Kier alpha value is -2.07. The Labute approximate surface area is 154 Å². The van der Waals surface area contributed by atoms with E-state index in [2.05, 4.69) is 0 Å². The molecule has 3 nitrogen and oxygen atoms in total. The van der Waals surface area contributed by atoms with Crippen molar-refractivity contribution in [3.8, 4) is 5.75 Å². The first-order valence-corrected chi connectivity index (χ1v) is 8.32. The number of benzene rings is 3. The van der Waals surface area contributed by atoms with Crippen LogP contribution in [0.5, 0.6) is 5.75 Å². The minimum Gasteiger partial charge on any atom is -0.494 e. The summed E-state index contributed by atoms with van der Waals surface area (Å²) in [6.45, 7) is 2.51. The fourth-order valence-electron chi connectivity index (χ4n) is 3.08. The Morgan fingerprint density at radius 2 is 1.64 bits per heavy atom. The lowest BCUT2D eigenvalue weighted by molar-refractivity contribution is 0.144. The number of aliphatic hydroxyl groups is 1. The summed E-state index contributed by atoms with van der Waals surface area (Å²) in [6.07, 6.45) is -0.172. The second-order valence-corrected chi connectivity index (χ2v) is 5.91. The molecular formula is C21H24ClNO2. The number of rotatable bonds is 6. The highest BCUT2D eigenvalue weighted by Crippen LogP contribution is 2.34. The summed E-state index contributed by atoms with van der Waals surface area (Å²) >= 11 is 0. The zero-order valence-corrected chi connectivity index (χ0v) is 15.1. The van der Waals surface area contributed by atoms with Crippen molar-refractivity contribution >= 4 is 23.2 Å². The van der Waals surface area contributed by atoms with Crippen LogP contribution in [0.15, 0.2) is 66.7 Å². The van der Waals surface area contributed by atoms with E-state index in [1.807, 2.05) is 73.7 Å². The molecule has 3 aromatic carbocycles. The van der Waals surface area contributed by atoms with Crippen molar-refractivity contribution in [1.82, 2.24) is 0 Å². The van der Waals surface area contributed by atoms with E-state index in [1.54, 1.807) is 0 Å². The Kier molecular flexibility index (Phi) is 6.82. The highest BCUT2D eigenvalue weighted by Gasteiger charge is 2.23. The van der Waals surface area contributed by atoms with Crippen LogP contribution >= 0.6 is 12.4 Å². The molecule has 0 saturated carbocycles. The molecule has 0 spiro atoms. The number of nitrogens with two attached hydrogens (primary N) is 1. The Morgan fingerprint density at radius 3 is 2.36 bits per heavy atom. The van der Waals surface area contributed by atoms with Crippen molar-refractivity contribution in [2.45, 2.75) is 25.5 Å². The number of fused-ring (bicyclic) bond motifs is 1. The van der Waals surface area contributed by atoms with Gasteiger partial charge in [0, 0.05) is 12.0 Å². The molecule has 3 N–H and O–H groups in total. The van der Waals surface area contributed by atoms with Crippen molar-refractivity contribution in [2.24, 2.45) is 5.73 Å². The predicted molar refractivity (Wildman–Crippen MR) is 105 cm³/mol. The van der Waals surface area contributed by atoms with Crippen molar-refractivity contribution in [3.05, 3.63) is 77.9 Å². The highest BCUT2D eigenvalue weighted by molar-refractivity contribution is 5.88. The maximum Gasteiger partial charge on any atom is 0.124 e. The normalized spacial score (nSPS) is 13.1. The van der Waals surface area contributed by atoms with E-state index in [0.717, 1.165) is 27.6 Å². The van der Waals surface area contributed by atoms with Crippen LogP contribution in [0.3, 0.4) is 0 Å². The molecule has 25 heavy (non-hydrogen) atoms. The third-order valence-corrected chi connectivity index (χ3v) is 4.27. The molecule has 0 amide bonds. The molecule has 132 valence electrons. The number of ether oxygens (including phenoxy) is 1. The fourth-order valence-corrected chi connectivity index (χ4v) is 3.08. The molecular weight excluding hydrogens is 334 g/mol. The largest absolute Gasteiger partial charge is 0.494 e. The lowest BCUT2D eigenvalue weighted by Gasteiger charge is -2.23. The van der Waals surface area contributed by atoms with Crippen LogP contribution in [0, 0.1) is 0 Å². The summed E-state index contributed by atoms with van der Waals surface area (Å²) in [5.74, 6) is 0.746. The van der Waals surface area contributed by atoms with Crippen LogP contribution in [0.25, 0.3) is 10.8 Å². The molecule has 3 aromatic rings. The van der Waals surface area contributed by atoms with Gasteiger partial charge in [0.25, 0.3) is 0 Å². The van der Waals surface area contributed by atoms with Crippen LogP contribution in [-0.2, 0) is 6.42 Å². The fraction of sp³-hybridized carbons (Fsp3) is 0.238. The van der Waals surface area contributed by atoms with Gasteiger partial charge < -0.3 is 15.6 Å². The summed E-state index contributed by atoms with van der Waals surface area (Å²) in [5.41, 5.74) is 8.40. The lowest BCUT2D eigenvalue weighted by Crippen LogP contribution is -2.28. The molecule has 3 rings (SSSR count). The topological polar surface area (TPSA) is 55.5 Å². The van der Waals surface area contributed by atoms with Crippen LogP contribution in [-0.4, -0.2) is 17.8 Å². The van der Waals surface area contributed by atoms with Gasteiger partial charge in [-0.2, -0.15) is 0 Å². The number of halogens is 1. The molecule has 4 heteroatoms. The van der Waals surface area contributed by atoms with E-state index in [1.165, 1.54) is 0 Å². The first-order valence-electron chi connectivity index (χ1n) is 8.32. The smallest absolute Gasteiger partial charge is 0.124 e. The summed E-state index contributed by atoms with van der Waals surface area (Å²) in [5, 5.41) is 12.8. The quantitative estimate of drug-likeness (QED) is 0.692. The zero-order chi connectivity index (χ0) is 16.9. The predicted octanol–water partition coefficient (Wildman–Crippen LogP) is 4.26. The lowest BCUT2D eigenvalue weighted by atomic mass is 9.92. The second-order valence-electron chi connectivity index (χ2n) is 5.91. The van der Waals surface area contributed by atoms with Gasteiger partial charge in [-0.1, -0.05) is 60.7 Å². The number of hydrogen-bond acceptors (Lipinski definition) is 3. The van der Waals surface area contributed by atoms with Crippen LogP contribution < -0.4 is 10.5 Å². The van der Waals surface area contributed by atoms with E-state index in [4.69, 9.17) is 10.5 Å². The first-order chi connectivity index (χ1) is 11.7. The number of hydrogen-bond donors (Lipinski definition) is 2. The molecule has 0 aliphatic heterocycles. The molecule has 0 bridgehead atoms. The standard InChI is InChI=1S/C21H23NO2.ClH/c1-2-24-19-13-12-16-10-6-7-11-17(16)20(19)21(22)18(23)14-15-8-4-3-5-9-15;/h3-13,18,21,23H,2,14,22H2,1H3;1H/t18-,21-;/m1./s1. The summed E-state index contributed by atoms with van der Waals surface area (Å²) in [4.78, 5) is 0. The average molecular weight is 358 g/mol. The van der Waals surface area contributed by atoms with E-state index in [-0.39, 0.29) is 12.4 Å². The Balaban J connectivity index is 0.00000225. The Bertz CT molecular complexity index is 807. The van der Waals surface area contributed by atoms with Gasteiger partial charge in [0.15, 0.2) is 0 Å². The zero-order valence-electron chi connectivity index (χ0n) is 14.3. The van der Waals surface area contributed by atoms with Crippen LogP contribution in [0.2, 0.25) is 0 Å². The van der Waals surface area contributed by atoms with Gasteiger partial charge in [-0.05, 0) is 29.3 Å². The summed E-state index contributed by atoms with van der Waals surface area (Å²) < 4.78 is 5.78. The molecule has 0 aliphatic carbocycles. The SMILES string of the molecule is CCOc1ccc2ccccc2c1[C@H](N)[C@H](O)Cc1ccccc1.Cl. The second kappa shape index (κ2) is 8.86. The van der Waals surface area contributed by atoms with Crippen molar-refractivity contribution < 1.29 is 9.84 Å². The molecule has 0 saturated heterocycles. The van der Waals surface area contributed by atoms with Crippen LogP contribution in [0.4, 0.5) is 0 Å². The average Bonchev–Trinajstić information content (AvgIpc) is 2.62. The first kappa shape index (κ1) is 19.3. The molecule has 0 unspecified atom stereocenters. The van der Waals surface area contributed by atoms with Crippen molar-refractivity contribution in [1.29, 1.82) is 0 Å². The molecule has 0 aliphatic rings.